The highest BCUT2D eigenvalue weighted by Crippen LogP contribution is 2.48. The van der Waals surface area contributed by atoms with Crippen LogP contribution in [-0.2, 0) is 37.8 Å². The number of nitrogens with zero attached hydrogens (tertiary/aromatic N) is 4. The second kappa shape index (κ2) is 17.0. The van der Waals surface area contributed by atoms with E-state index in [-0.39, 0.29) is 18.6 Å². The van der Waals surface area contributed by atoms with Gasteiger partial charge in [-0.25, -0.2) is 4.98 Å². The zero-order chi connectivity index (χ0) is 30.5. The molecular formula is C31H44BrN4O5P. The van der Waals surface area contributed by atoms with E-state index in [1.54, 1.807) is 20.9 Å². The Morgan fingerprint density at radius 3 is 2.43 bits per heavy atom. The quantitative estimate of drug-likeness (QED) is 0.0801. The average molecular weight is 664 g/mol. The Morgan fingerprint density at radius 1 is 1.17 bits per heavy atom. The SMILES string of the molecule is C#CCN(C)C(=O)c1c(N(C=O)CCCCP(=O)(OCC)OCC)nc(CCc2ccc(Br)cc2)n1CC1CCCC1. The number of imidazole rings is 1. The number of benzene rings is 1. The number of aryl methyl sites for hydroxylation is 2. The molecule has 1 aliphatic rings. The van der Waals surface area contributed by atoms with Gasteiger partial charge in [-0.1, -0.05) is 46.8 Å². The van der Waals surface area contributed by atoms with Crippen LogP contribution in [-0.4, -0.2) is 66.3 Å². The summed E-state index contributed by atoms with van der Waals surface area (Å²) in [5.74, 6) is 3.86. The molecule has 11 heteroatoms. The van der Waals surface area contributed by atoms with Crippen molar-refractivity contribution in [3.8, 4) is 12.3 Å². The van der Waals surface area contributed by atoms with Gasteiger partial charge in [0.1, 0.15) is 5.82 Å². The summed E-state index contributed by atoms with van der Waals surface area (Å²) in [7, 11) is -1.51. The first kappa shape index (κ1) is 34.1. The zero-order valence-corrected chi connectivity index (χ0v) is 27.6. The fourth-order valence-electron chi connectivity index (χ4n) is 5.39. The third-order valence-corrected chi connectivity index (χ3v) is 10.2. The van der Waals surface area contributed by atoms with Crippen molar-refractivity contribution in [2.24, 2.45) is 5.92 Å². The number of terminal acetylenes is 1. The molecule has 2 amide bonds. The number of hydrogen-bond donors (Lipinski definition) is 0. The third-order valence-electron chi connectivity index (χ3n) is 7.50. The number of amides is 2. The number of rotatable bonds is 18. The van der Waals surface area contributed by atoms with E-state index in [0.29, 0.717) is 63.0 Å². The first-order valence-electron chi connectivity index (χ1n) is 14.9. The molecule has 0 aliphatic heterocycles. The highest BCUT2D eigenvalue weighted by molar-refractivity contribution is 9.10. The van der Waals surface area contributed by atoms with Gasteiger partial charge in [-0.05, 0) is 69.6 Å². The number of halogens is 1. The first-order chi connectivity index (χ1) is 20.2. The van der Waals surface area contributed by atoms with E-state index in [2.05, 4.69) is 34.0 Å². The Kier molecular flexibility index (Phi) is 13.8. The summed E-state index contributed by atoms with van der Waals surface area (Å²) in [6.45, 7) is 5.30. The minimum absolute atomic E-state index is 0.145. The van der Waals surface area contributed by atoms with E-state index < -0.39 is 7.60 Å². The second-order valence-electron chi connectivity index (χ2n) is 10.6. The van der Waals surface area contributed by atoms with Crippen molar-refractivity contribution < 1.29 is 23.2 Å². The molecule has 0 bridgehead atoms. The Hall–Kier alpha value is -2.44. The van der Waals surface area contributed by atoms with Crippen molar-refractivity contribution in [1.29, 1.82) is 0 Å². The van der Waals surface area contributed by atoms with Crippen LogP contribution in [0, 0.1) is 18.3 Å². The van der Waals surface area contributed by atoms with Gasteiger partial charge >= 0.3 is 7.60 Å². The van der Waals surface area contributed by atoms with Gasteiger partial charge in [-0.3, -0.25) is 19.1 Å². The van der Waals surface area contributed by atoms with Gasteiger partial charge < -0.3 is 18.5 Å². The van der Waals surface area contributed by atoms with Crippen LogP contribution in [0.25, 0.3) is 0 Å². The fraction of sp³-hybridized carbons (Fsp3) is 0.581. The summed E-state index contributed by atoms with van der Waals surface area (Å²) < 4.78 is 26.7. The summed E-state index contributed by atoms with van der Waals surface area (Å²) in [6.07, 6.45) is 13.5. The molecule has 9 nitrogen and oxygen atoms in total. The van der Waals surface area contributed by atoms with E-state index in [1.807, 2.05) is 16.7 Å². The highest BCUT2D eigenvalue weighted by Gasteiger charge is 2.31. The molecule has 3 rings (SSSR count). The molecule has 42 heavy (non-hydrogen) atoms. The van der Waals surface area contributed by atoms with Gasteiger partial charge in [0.05, 0.1) is 25.9 Å². The summed E-state index contributed by atoms with van der Waals surface area (Å²) in [6, 6.07) is 8.17. The van der Waals surface area contributed by atoms with Crippen LogP contribution in [0.2, 0.25) is 0 Å². The van der Waals surface area contributed by atoms with Crippen LogP contribution in [0.5, 0.6) is 0 Å². The van der Waals surface area contributed by atoms with Crippen LogP contribution in [0.1, 0.15) is 74.2 Å². The monoisotopic (exact) mass is 662 g/mol. The number of hydrogen-bond acceptors (Lipinski definition) is 6. The number of anilines is 1. The summed E-state index contributed by atoms with van der Waals surface area (Å²) >= 11 is 3.49. The van der Waals surface area contributed by atoms with Crippen LogP contribution in [0.15, 0.2) is 28.7 Å². The maximum Gasteiger partial charge on any atom is 0.330 e. The van der Waals surface area contributed by atoms with Crippen molar-refractivity contribution >= 4 is 41.7 Å². The molecule has 0 atom stereocenters. The van der Waals surface area contributed by atoms with Crippen molar-refractivity contribution in [1.82, 2.24) is 14.5 Å². The minimum atomic E-state index is -3.18. The Balaban J connectivity index is 1.93. The Labute approximate surface area is 259 Å². The standard InChI is InChI=1S/C31H44BrN4O5P/c1-5-20-34(4)31(38)29-30(35(24-37)21-10-11-22-42(39,40-6-2)41-7-3)33-28(36(29)23-26-12-8-9-13-26)19-16-25-14-17-27(32)18-15-25/h1,14-15,17-18,24,26H,6-13,16,19-23H2,2-4H3. The van der Waals surface area contributed by atoms with E-state index in [9.17, 15) is 14.2 Å². The number of aromatic nitrogens is 2. The lowest BCUT2D eigenvalue weighted by molar-refractivity contribution is -0.107. The molecule has 1 fully saturated rings. The average Bonchev–Trinajstić information content (AvgIpc) is 3.61. The minimum Gasteiger partial charge on any atom is -0.329 e. The predicted octanol–water partition coefficient (Wildman–Crippen LogP) is 6.34. The third kappa shape index (κ3) is 9.54. The Morgan fingerprint density at radius 2 is 1.83 bits per heavy atom. The van der Waals surface area contributed by atoms with Crippen LogP contribution in [0.3, 0.4) is 0 Å². The Bertz CT molecular complexity index is 1240. The maximum atomic E-state index is 13.9. The molecule has 0 spiro atoms. The maximum absolute atomic E-state index is 13.9. The molecule has 230 valence electrons. The lowest BCUT2D eigenvalue weighted by Gasteiger charge is -2.22. The zero-order valence-electron chi connectivity index (χ0n) is 25.1. The van der Waals surface area contributed by atoms with Gasteiger partial charge in [0.25, 0.3) is 5.91 Å². The molecule has 0 N–H and O–H groups in total. The van der Waals surface area contributed by atoms with Crippen molar-refractivity contribution in [2.75, 3.05) is 44.4 Å². The van der Waals surface area contributed by atoms with Crippen LogP contribution >= 0.6 is 23.5 Å². The van der Waals surface area contributed by atoms with Crippen molar-refractivity contribution in [2.45, 2.75) is 71.8 Å². The number of unbranched alkanes of at least 4 members (excludes halogenated alkanes) is 1. The van der Waals surface area contributed by atoms with Gasteiger partial charge in [0.2, 0.25) is 6.41 Å². The number of carbonyl (C=O) groups is 2. The second-order valence-corrected chi connectivity index (χ2v) is 13.7. The first-order valence-corrected chi connectivity index (χ1v) is 17.4. The molecule has 0 saturated heterocycles. The molecular weight excluding hydrogens is 619 g/mol. The van der Waals surface area contributed by atoms with Crippen LogP contribution in [0.4, 0.5) is 5.82 Å². The lowest BCUT2D eigenvalue weighted by atomic mass is 10.1. The van der Waals surface area contributed by atoms with E-state index in [1.165, 1.54) is 22.6 Å². The lowest BCUT2D eigenvalue weighted by Crippen LogP contribution is -2.33. The predicted molar refractivity (Wildman–Crippen MR) is 170 cm³/mol. The van der Waals surface area contributed by atoms with Crippen molar-refractivity contribution in [3.63, 3.8) is 0 Å². The van der Waals surface area contributed by atoms with Gasteiger partial charge in [0.15, 0.2) is 11.5 Å². The van der Waals surface area contributed by atoms with Crippen LogP contribution < -0.4 is 4.90 Å². The summed E-state index contributed by atoms with van der Waals surface area (Å²) in [4.78, 5) is 34.3. The van der Waals surface area contributed by atoms with E-state index in [4.69, 9.17) is 20.5 Å². The van der Waals surface area contributed by atoms with Crippen molar-refractivity contribution in [3.05, 3.63) is 45.8 Å². The van der Waals surface area contributed by atoms with Gasteiger partial charge in [0, 0.05) is 31.0 Å². The smallest absolute Gasteiger partial charge is 0.329 e. The number of carbonyl (C=O) groups excluding carboxylic acids is 2. The molecule has 1 aromatic carbocycles. The normalized spacial score (nSPS) is 13.7. The molecule has 2 aromatic rings. The van der Waals surface area contributed by atoms with Gasteiger partial charge in [-0.2, -0.15) is 0 Å². The molecule has 1 saturated carbocycles. The highest BCUT2D eigenvalue weighted by atomic mass is 79.9. The largest absolute Gasteiger partial charge is 0.330 e. The molecule has 1 aliphatic carbocycles. The molecule has 0 unspecified atom stereocenters. The van der Waals surface area contributed by atoms with E-state index >= 15 is 0 Å². The topological polar surface area (TPSA) is 94.0 Å². The van der Waals surface area contributed by atoms with Gasteiger partial charge in [-0.15, -0.1) is 6.42 Å². The summed E-state index contributed by atoms with van der Waals surface area (Å²) in [5, 5.41) is 0. The van der Waals surface area contributed by atoms with E-state index in [0.717, 1.165) is 41.5 Å². The molecule has 1 heterocycles. The molecule has 1 aromatic heterocycles. The summed E-state index contributed by atoms with van der Waals surface area (Å²) in [5.41, 5.74) is 1.56. The molecule has 0 radical (unpaired) electrons. The fourth-order valence-corrected chi connectivity index (χ4v) is 7.38.